The summed E-state index contributed by atoms with van der Waals surface area (Å²) in [5.74, 6) is -0.00863. The second kappa shape index (κ2) is 4.95. The summed E-state index contributed by atoms with van der Waals surface area (Å²) < 4.78 is 6.66. The molecule has 4 heteroatoms. The fraction of sp³-hybridized carbons (Fsp3) is 0.588. The largest absolute Gasteiger partial charge is 0.408 e. The lowest BCUT2D eigenvalue weighted by atomic mass is 9.84. The smallest absolute Gasteiger partial charge is 0.252 e. The van der Waals surface area contributed by atoms with Crippen LogP contribution in [0.1, 0.15) is 56.6 Å². The van der Waals surface area contributed by atoms with Gasteiger partial charge in [0, 0.05) is 5.56 Å². The molecule has 1 aliphatic heterocycles. The molecule has 0 saturated heterocycles. The third kappa shape index (κ3) is 2.92. The van der Waals surface area contributed by atoms with Gasteiger partial charge in [-0.1, -0.05) is 39.0 Å². The molecule has 116 valence electrons. The normalized spacial score (nSPS) is 21.7. The van der Waals surface area contributed by atoms with E-state index in [1.165, 1.54) is 0 Å². The van der Waals surface area contributed by atoms with Gasteiger partial charge in [-0.05, 0) is 43.6 Å². The molecular weight excluding hydrogens is 278 g/mol. The van der Waals surface area contributed by atoms with Crippen molar-refractivity contribution in [1.29, 1.82) is 0 Å². The van der Waals surface area contributed by atoms with Gasteiger partial charge in [-0.2, -0.15) is 0 Å². The summed E-state index contributed by atoms with van der Waals surface area (Å²) in [6.45, 7) is 15.3. The first-order chi connectivity index (χ1) is 9.46. The zero-order valence-corrected chi connectivity index (χ0v) is 15.2. The molecule has 1 amide bonds. The summed E-state index contributed by atoms with van der Waals surface area (Å²) in [6, 6.07) is 7.78. The first-order valence-corrected chi connectivity index (χ1v) is 10.5. The number of hydrogen-bond acceptors (Lipinski definition) is 2. The van der Waals surface area contributed by atoms with Crippen molar-refractivity contribution in [2.24, 2.45) is 0 Å². The van der Waals surface area contributed by atoms with Crippen LogP contribution < -0.4 is 5.32 Å². The number of nitrogens with one attached hydrogen (secondary N) is 1. The highest BCUT2D eigenvalue weighted by Crippen LogP contribution is 2.44. The number of fused-ring (bicyclic) bond motifs is 1. The van der Waals surface area contributed by atoms with Gasteiger partial charge in [0.15, 0.2) is 8.32 Å². The minimum Gasteiger partial charge on any atom is -0.408 e. The van der Waals surface area contributed by atoms with Gasteiger partial charge in [-0.25, -0.2) is 0 Å². The Morgan fingerprint density at radius 2 is 1.76 bits per heavy atom. The van der Waals surface area contributed by atoms with E-state index in [0.29, 0.717) is 0 Å². The quantitative estimate of drug-likeness (QED) is 0.829. The van der Waals surface area contributed by atoms with E-state index in [1.54, 1.807) is 0 Å². The van der Waals surface area contributed by atoms with Crippen molar-refractivity contribution >= 4 is 14.2 Å². The van der Waals surface area contributed by atoms with Crippen molar-refractivity contribution in [3.8, 4) is 0 Å². The molecule has 1 heterocycles. The van der Waals surface area contributed by atoms with Crippen LogP contribution in [0.25, 0.3) is 0 Å². The molecule has 0 bridgehead atoms. The summed E-state index contributed by atoms with van der Waals surface area (Å²) >= 11 is 0. The third-order valence-corrected chi connectivity index (χ3v) is 9.24. The van der Waals surface area contributed by atoms with Gasteiger partial charge in [0.2, 0.25) is 0 Å². The molecule has 3 nitrogen and oxygen atoms in total. The summed E-state index contributed by atoms with van der Waals surface area (Å²) in [6.07, 6.45) is -0.104. The number of rotatable bonds is 2. The molecule has 1 N–H and O–H groups in total. The van der Waals surface area contributed by atoms with Crippen LogP contribution in [0.2, 0.25) is 18.1 Å². The van der Waals surface area contributed by atoms with E-state index in [2.05, 4.69) is 39.2 Å². The summed E-state index contributed by atoms with van der Waals surface area (Å²) in [7, 11) is -1.92. The average molecular weight is 305 g/mol. The standard InChI is InChI=1S/C17H27NO2Si/c1-16(2,3)21(6,7)20-14-12-10-8-9-11-13(12)15(19)18-17(14,4)5/h8-11,14H,1-7H3,(H,18,19). The Morgan fingerprint density at radius 1 is 1.19 bits per heavy atom. The molecule has 0 aliphatic carbocycles. The van der Waals surface area contributed by atoms with Crippen LogP contribution in [0, 0.1) is 0 Å². The van der Waals surface area contributed by atoms with Crippen molar-refractivity contribution in [1.82, 2.24) is 5.32 Å². The second-order valence-corrected chi connectivity index (χ2v) is 12.8. The van der Waals surface area contributed by atoms with Crippen LogP contribution in [0.5, 0.6) is 0 Å². The SMILES string of the molecule is CC1(C)NC(=O)c2ccccc2C1O[Si](C)(C)C(C)(C)C. The highest BCUT2D eigenvalue weighted by molar-refractivity contribution is 6.74. The zero-order chi connectivity index (χ0) is 16.1. The number of carbonyl (C=O) groups is 1. The van der Waals surface area contributed by atoms with Crippen LogP contribution in [-0.4, -0.2) is 19.8 Å². The lowest BCUT2D eigenvalue weighted by Crippen LogP contribution is -2.56. The number of hydrogen-bond donors (Lipinski definition) is 1. The first-order valence-electron chi connectivity index (χ1n) is 7.55. The lowest BCUT2D eigenvalue weighted by Gasteiger charge is -2.47. The van der Waals surface area contributed by atoms with E-state index in [0.717, 1.165) is 11.1 Å². The van der Waals surface area contributed by atoms with Crippen molar-refractivity contribution in [3.05, 3.63) is 35.4 Å². The molecular formula is C17H27NO2Si. The van der Waals surface area contributed by atoms with Crippen LogP contribution in [0.3, 0.4) is 0 Å². The minimum atomic E-state index is -1.92. The Hall–Kier alpha value is -1.13. The highest BCUT2D eigenvalue weighted by Gasteiger charge is 2.46. The van der Waals surface area contributed by atoms with E-state index < -0.39 is 13.9 Å². The fourth-order valence-electron chi connectivity index (χ4n) is 2.43. The topological polar surface area (TPSA) is 38.3 Å². The monoisotopic (exact) mass is 305 g/mol. The summed E-state index contributed by atoms with van der Waals surface area (Å²) in [4.78, 5) is 12.3. The molecule has 0 fully saturated rings. The van der Waals surface area contributed by atoms with Gasteiger partial charge in [-0.15, -0.1) is 0 Å². The molecule has 0 spiro atoms. The van der Waals surface area contributed by atoms with E-state index >= 15 is 0 Å². The number of benzene rings is 1. The summed E-state index contributed by atoms with van der Waals surface area (Å²) in [5.41, 5.74) is 1.35. The van der Waals surface area contributed by atoms with Crippen LogP contribution >= 0.6 is 0 Å². The molecule has 2 rings (SSSR count). The fourth-order valence-corrected chi connectivity index (χ4v) is 3.79. The van der Waals surface area contributed by atoms with Crippen LogP contribution in [0.15, 0.2) is 24.3 Å². The Labute approximate surface area is 129 Å². The minimum absolute atomic E-state index is 0.00863. The molecule has 1 aromatic carbocycles. The predicted octanol–water partition coefficient (Wildman–Crippen LogP) is 4.27. The molecule has 1 aliphatic rings. The van der Waals surface area contributed by atoms with Gasteiger partial charge < -0.3 is 9.74 Å². The molecule has 1 unspecified atom stereocenters. The Balaban J connectivity index is 2.46. The predicted molar refractivity (Wildman–Crippen MR) is 89.0 cm³/mol. The van der Waals surface area contributed by atoms with E-state index in [-0.39, 0.29) is 17.0 Å². The van der Waals surface area contributed by atoms with Gasteiger partial charge >= 0.3 is 0 Å². The van der Waals surface area contributed by atoms with Gasteiger partial charge in [0.05, 0.1) is 11.6 Å². The maximum Gasteiger partial charge on any atom is 0.252 e. The van der Waals surface area contributed by atoms with Gasteiger partial charge in [0.1, 0.15) is 0 Å². The molecule has 21 heavy (non-hydrogen) atoms. The molecule has 0 saturated carbocycles. The van der Waals surface area contributed by atoms with E-state index in [9.17, 15) is 4.79 Å². The van der Waals surface area contributed by atoms with E-state index in [4.69, 9.17) is 4.43 Å². The molecule has 1 atom stereocenters. The highest BCUT2D eigenvalue weighted by atomic mass is 28.4. The number of amides is 1. The molecule has 0 aromatic heterocycles. The van der Waals surface area contributed by atoms with Crippen LogP contribution in [0.4, 0.5) is 0 Å². The van der Waals surface area contributed by atoms with Crippen molar-refractivity contribution < 1.29 is 9.22 Å². The van der Waals surface area contributed by atoms with Crippen molar-refractivity contribution in [2.75, 3.05) is 0 Å². The maximum atomic E-state index is 12.3. The Kier molecular flexibility index (Phi) is 3.83. The molecule has 1 aromatic rings. The van der Waals surface area contributed by atoms with Crippen molar-refractivity contribution in [3.63, 3.8) is 0 Å². The first kappa shape index (κ1) is 16.2. The summed E-state index contributed by atoms with van der Waals surface area (Å²) in [5, 5.41) is 3.23. The Morgan fingerprint density at radius 3 is 2.33 bits per heavy atom. The zero-order valence-electron chi connectivity index (χ0n) is 14.2. The lowest BCUT2D eigenvalue weighted by molar-refractivity contribution is 0.0597. The third-order valence-electron chi connectivity index (χ3n) is 4.80. The maximum absolute atomic E-state index is 12.3. The van der Waals surface area contributed by atoms with E-state index in [1.807, 2.05) is 38.1 Å². The van der Waals surface area contributed by atoms with Gasteiger partial charge in [0.25, 0.3) is 5.91 Å². The Bertz CT molecular complexity index is 558. The van der Waals surface area contributed by atoms with Crippen molar-refractivity contribution in [2.45, 2.75) is 64.4 Å². The second-order valence-electron chi connectivity index (χ2n) is 8.02. The average Bonchev–Trinajstić information content (AvgIpc) is 2.32. The molecule has 0 radical (unpaired) electrons. The van der Waals surface area contributed by atoms with Crippen LogP contribution in [-0.2, 0) is 4.43 Å². The number of carbonyl (C=O) groups excluding carboxylic acids is 1. The van der Waals surface area contributed by atoms with Gasteiger partial charge in [-0.3, -0.25) is 4.79 Å².